The number of carboxylic acids is 1. The van der Waals surface area contributed by atoms with Gasteiger partial charge in [0.15, 0.2) is 0 Å². The fraction of sp³-hybridized carbons (Fsp3) is 0.500. The number of benzene rings is 1. The first-order chi connectivity index (χ1) is 9.04. The number of aliphatic carboxylic acids is 1. The molecule has 0 heterocycles. The minimum atomic E-state index is -0.862. The van der Waals surface area contributed by atoms with Gasteiger partial charge in [-0.3, -0.25) is 4.79 Å². The van der Waals surface area contributed by atoms with Gasteiger partial charge in [-0.15, -0.1) is 0 Å². The number of aliphatic hydroxyl groups is 1. The third-order valence-electron chi connectivity index (χ3n) is 2.88. The lowest BCUT2D eigenvalue weighted by atomic mass is 9.99. The summed E-state index contributed by atoms with van der Waals surface area (Å²) < 4.78 is 4.85. The maximum atomic E-state index is 11.3. The summed E-state index contributed by atoms with van der Waals surface area (Å²) in [5.74, 6) is -1.46. The van der Waals surface area contributed by atoms with Crippen LogP contribution in [-0.4, -0.2) is 61.0 Å². The molecule has 2 atom stereocenters. The number of carboxylic acid groups (broad SMARTS) is 1. The molecule has 0 aromatic heterocycles. The Morgan fingerprint density at radius 2 is 1.95 bits per heavy atom. The minimum Gasteiger partial charge on any atom is -0.481 e. The zero-order chi connectivity index (χ0) is 14.3. The van der Waals surface area contributed by atoms with Gasteiger partial charge in [-0.05, 0) is 12.6 Å². The zero-order valence-electron chi connectivity index (χ0n) is 11.3. The lowest BCUT2D eigenvalue weighted by Gasteiger charge is -2.23. The van der Waals surface area contributed by atoms with Crippen molar-refractivity contribution in [3.8, 4) is 0 Å². The summed E-state index contributed by atoms with van der Waals surface area (Å²) in [6.45, 7) is 0.970. The monoisotopic (exact) mass is 267 g/mol. The number of nitrogens with zero attached hydrogens (tertiary/aromatic N) is 1. The first-order valence-electron chi connectivity index (χ1n) is 6.18. The van der Waals surface area contributed by atoms with Crippen molar-refractivity contribution in [2.24, 2.45) is 0 Å². The molecular weight excluding hydrogens is 246 g/mol. The quantitative estimate of drug-likeness (QED) is 0.729. The number of aliphatic hydroxyl groups excluding tert-OH is 1. The fourth-order valence-electron chi connectivity index (χ4n) is 2.00. The highest BCUT2D eigenvalue weighted by Crippen LogP contribution is 2.17. The summed E-state index contributed by atoms with van der Waals surface area (Å²) in [7, 11) is 3.31. The van der Waals surface area contributed by atoms with Gasteiger partial charge in [-0.25, -0.2) is 0 Å². The van der Waals surface area contributed by atoms with Gasteiger partial charge in [0.1, 0.15) is 0 Å². The third-order valence-corrected chi connectivity index (χ3v) is 2.88. The minimum absolute atomic E-state index is 0.243. The molecule has 0 aliphatic heterocycles. The first kappa shape index (κ1) is 15.6. The van der Waals surface area contributed by atoms with Crippen LogP contribution in [0.1, 0.15) is 11.5 Å². The van der Waals surface area contributed by atoms with Crippen LogP contribution in [-0.2, 0) is 9.53 Å². The van der Waals surface area contributed by atoms with Crippen LogP contribution in [0.25, 0.3) is 0 Å². The second kappa shape index (κ2) is 7.89. The summed E-state index contributed by atoms with van der Waals surface area (Å²) in [5, 5.41) is 18.9. The van der Waals surface area contributed by atoms with Crippen molar-refractivity contribution in [2.75, 3.05) is 33.9 Å². The van der Waals surface area contributed by atoms with E-state index in [4.69, 9.17) is 4.74 Å². The van der Waals surface area contributed by atoms with Crippen LogP contribution in [0.15, 0.2) is 30.3 Å². The predicted molar refractivity (Wildman–Crippen MR) is 72.2 cm³/mol. The molecule has 0 bridgehead atoms. The highest BCUT2D eigenvalue weighted by molar-refractivity contribution is 5.76. The van der Waals surface area contributed by atoms with E-state index in [1.54, 1.807) is 24.1 Å². The van der Waals surface area contributed by atoms with Crippen molar-refractivity contribution in [3.05, 3.63) is 35.9 Å². The van der Waals surface area contributed by atoms with Crippen molar-refractivity contribution >= 4 is 5.97 Å². The van der Waals surface area contributed by atoms with E-state index in [1.165, 1.54) is 7.11 Å². The molecule has 0 aliphatic rings. The van der Waals surface area contributed by atoms with Gasteiger partial charge >= 0.3 is 5.97 Å². The number of carbonyl (C=O) groups is 1. The molecule has 5 heteroatoms. The maximum Gasteiger partial charge on any atom is 0.312 e. The number of methoxy groups -OCH3 is 1. The smallest absolute Gasteiger partial charge is 0.312 e. The first-order valence-corrected chi connectivity index (χ1v) is 6.18. The lowest BCUT2D eigenvalue weighted by molar-refractivity contribution is -0.139. The van der Waals surface area contributed by atoms with Crippen molar-refractivity contribution in [1.82, 2.24) is 4.90 Å². The normalized spacial score (nSPS) is 14.3. The average molecular weight is 267 g/mol. The Labute approximate surface area is 113 Å². The molecule has 2 unspecified atom stereocenters. The Kier molecular flexibility index (Phi) is 6.49. The van der Waals surface area contributed by atoms with E-state index in [0.717, 1.165) is 5.56 Å². The maximum absolute atomic E-state index is 11.3. The van der Waals surface area contributed by atoms with Crippen molar-refractivity contribution < 1.29 is 19.7 Å². The van der Waals surface area contributed by atoms with E-state index >= 15 is 0 Å². The Bertz CT molecular complexity index is 382. The summed E-state index contributed by atoms with van der Waals surface area (Å²) >= 11 is 0. The van der Waals surface area contributed by atoms with E-state index in [2.05, 4.69) is 0 Å². The van der Waals surface area contributed by atoms with Crippen molar-refractivity contribution in [1.29, 1.82) is 0 Å². The standard InChI is InChI=1S/C14H21NO4/c1-15(8-12(16)10-19-2)9-13(14(17)18)11-6-4-3-5-7-11/h3-7,12-13,16H,8-10H2,1-2H3,(H,17,18). The lowest BCUT2D eigenvalue weighted by Crippen LogP contribution is -2.36. The number of likely N-dealkylation sites (N-methyl/N-ethyl adjacent to an activating group) is 1. The van der Waals surface area contributed by atoms with Crippen molar-refractivity contribution in [2.45, 2.75) is 12.0 Å². The predicted octanol–water partition coefficient (Wildman–Crippen LogP) is 0.794. The fourth-order valence-corrected chi connectivity index (χ4v) is 2.00. The summed E-state index contributed by atoms with van der Waals surface area (Å²) in [5.41, 5.74) is 0.767. The molecular formula is C14H21NO4. The second-order valence-electron chi connectivity index (χ2n) is 4.63. The van der Waals surface area contributed by atoms with Gasteiger partial charge in [0.2, 0.25) is 0 Å². The van der Waals surface area contributed by atoms with Gasteiger partial charge in [-0.2, -0.15) is 0 Å². The second-order valence-corrected chi connectivity index (χ2v) is 4.63. The Morgan fingerprint density at radius 3 is 2.47 bits per heavy atom. The Morgan fingerprint density at radius 1 is 1.32 bits per heavy atom. The van der Waals surface area contributed by atoms with Gasteiger partial charge in [0.25, 0.3) is 0 Å². The highest BCUT2D eigenvalue weighted by atomic mass is 16.5. The van der Waals surface area contributed by atoms with E-state index < -0.39 is 18.0 Å². The molecule has 1 rings (SSSR count). The average Bonchev–Trinajstić information content (AvgIpc) is 2.37. The summed E-state index contributed by atoms with van der Waals surface area (Å²) in [6, 6.07) is 9.11. The molecule has 0 saturated carbocycles. The third kappa shape index (κ3) is 5.38. The van der Waals surface area contributed by atoms with Crippen LogP contribution in [0.4, 0.5) is 0 Å². The SMILES string of the molecule is COCC(O)CN(C)CC(C(=O)O)c1ccccc1. The zero-order valence-corrected chi connectivity index (χ0v) is 11.3. The van der Waals surface area contributed by atoms with Crippen LogP contribution in [0.5, 0.6) is 0 Å². The topological polar surface area (TPSA) is 70.0 Å². The van der Waals surface area contributed by atoms with Gasteiger partial charge in [0, 0.05) is 20.2 Å². The number of hydrogen-bond donors (Lipinski definition) is 2. The molecule has 5 nitrogen and oxygen atoms in total. The molecule has 0 aliphatic carbocycles. The Balaban J connectivity index is 2.62. The largest absolute Gasteiger partial charge is 0.481 e. The number of rotatable bonds is 8. The molecule has 0 spiro atoms. The molecule has 1 aromatic carbocycles. The molecule has 2 N–H and O–H groups in total. The molecule has 0 radical (unpaired) electrons. The molecule has 0 saturated heterocycles. The van der Waals surface area contributed by atoms with E-state index in [-0.39, 0.29) is 6.61 Å². The van der Waals surface area contributed by atoms with Crippen molar-refractivity contribution in [3.63, 3.8) is 0 Å². The summed E-state index contributed by atoms with van der Waals surface area (Å²) in [6.07, 6.45) is -0.611. The molecule has 0 fully saturated rings. The van der Waals surface area contributed by atoms with Gasteiger partial charge < -0.3 is 19.8 Å². The van der Waals surface area contributed by atoms with Crippen LogP contribution in [0, 0.1) is 0 Å². The van der Waals surface area contributed by atoms with Crippen LogP contribution < -0.4 is 0 Å². The molecule has 1 aromatic rings. The Hall–Kier alpha value is -1.43. The molecule has 0 amide bonds. The number of ether oxygens (including phenoxy) is 1. The van der Waals surface area contributed by atoms with Gasteiger partial charge in [-0.1, -0.05) is 30.3 Å². The van der Waals surface area contributed by atoms with Crippen LogP contribution in [0.3, 0.4) is 0 Å². The van der Waals surface area contributed by atoms with E-state index in [9.17, 15) is 15.0 Å². The molecule has 19 heavy (non-hydrogen) atoms. The van der Waals surface area contributed by atoms with E-state index in [1.807, 2.05) is 18.2 Å². The summed E-state index contributed by atoms with van der Waals surface area (Å²) in [4.78, 5) is 13.1. The number of hydrogen-bond acceptors (Lipinski definition) is 4. The van der Waals surface area contributed by atoms with E-state index in [0.29, 0.717) is 13.1 Å². The van der Waals surface area contributed by atoms with Gasteiger partial charge in [0.05, 0.1) is 18.6 Å². The highest BCUT2D eigenvalue weighted by Gasteiger charge is 2.22. The van der Waals surface area contributed by atoms with Crippen LogP contribution in [0.2, 0.25) is 0 Å². The molecule has 106 valence electrons. The van der Waals surface area contributed by atoms with Crippen LogP contribution >= 0.6 is 0 Å².